The number of thiophene rings is 1. The van der Waals surface area contributed by atoms with Gasteiger partial charge in [0.1, 0.15) is 0 Å². The first kappa shape index (κ1) is 15.5. The van der Waals surface area contributed by atoms with Gasteiger partial charge in [-0.1, -0.05) is 19.9 Å². The van der Waals surface area contributed by atoms with Crippen LogP contribution in [0.2, 0.25) is 0 Å². The second kappa shape index (κ2) is 7.23. The van der Waals surface area contributed by atoms with Crippen molar-refractivity contribution in [2.75, 3.05) is 13.1 Å². The van der Waals surface area contributed by atoms with Gasteiger partial charge in [0.05, 0.1) is 0 Å². The van der Waals surface area contributed by atoms with Crippen molar-refractivity contribution in [3.63, 3.8) is 0 Å². The lowest BCUT2D eigenvalue weighted by molar-refractivity contribution is -0.121. The molecule has 1 fully saturated rings. The van der Waals surface area contributed by atoms with Crippen LogP contribution in [0.1, 0.15) is 44.4 Å². The summed E-state index contributed by atoms with van der Waals surface area (Å²) in [4.78, 5) is 13.3. The van der Waals surface area contributed by atoms with E-state index in [9.17, 15) is 4.79 Å². The monoisotopic (exact) mass is 294 g/mol. The minimum Gasteiger partial charge on any atom is -0.355 e. The summed E-state index contributed by atoms with van der Waals surface area (Å²) in [5.41, 5.74) is 0.280. The molecule has 112 valence electrons. The molecule has 1 amide bonds. The first-order valence-corrected chi connectivity index (χ1v) is 8.48. The van der Waals surface area contributed by atoms with Crippen molar-refractivity contribution >= 4 is 17.2 Å². The Hall–Kier alpha value is -0.870. The Bertz CT molecular complexity index is 414. The Balaban J connectivity index is 1.64. The van der Waals surface area contributed by atoms with Crippen LogP contribution in [-0.2, 0) is 11.2 Å². The van der Waals surface area contributed by atoms with Gasteiger partial charge >= 0.3 is 0 Å². The largest absolute Gasteiger partial charge is 0.355 e. The van der Waals surface area contributed by atoms with Crippen molar-refractivity contribution in [2.45, 2.75) is 52.0 Å². The smallest absolute Gasteiger partial charge is 0.220 e. The van der Waals surface area contributed by atoms with E-state index in [0.29, 0.717) is 12.5 Å². The van der Waals surface area contributed by atoms with Gasteiger partial charge in [0.15, 0.2) is 0 Å². The van der Waals surface area contributed by atoms with E-state index in [1.165, 1.54) is 17.7 Å². The van der Waals surface area contributed by atoms with E-state index >= 15 is 0 Å². The van der Waals surface area contributed by atoms with Gasteiger partial charge in [-0.2, -0.15) is 0 Å². The molecule has 0 aromatic carbocycles. The summed E-state index contributed by atoms with van der Waals surface area (Å²) in [6.07, 6.45) is 5.05. The highest BCUT2D eigenvalue weighted by Gasteiger charge is 2.31. The normalized spacial score (nSPS) is 21.6. The Morgan fingerprint density at radius 2 is 2.40 bits per heavy atom. The summed E-state index contributed by atoms with van der Waals surface area (Å²) in [6.45, 7) is 6.40. The van der Waals surface area contributed by atoms with Crippen molar-refractivity contribution in [1.29, 1.82) is 0 Å². The van der Waals surface area contributed by atoms with Gasteiger partial charge < -0.3 is 10.6 Å². The van der Waals surface area contributed by atoms with Crippen LogP contribution in [0.4, 0.5) is 0 Å². The second-order valence-electron chi connectivity index (χ2n) is 6.34. The van der Waals surface area contributed by atoms with E-state index in [4.69, 9.17) is 0 Å². The van der Waals surface area contributed by atoms with Crippen LogP contribution < -0.4 is 10.6 Å². The van der Waals surface area contributed by atoms with Crippen LogP contribution in [0.5, 0.6) is 0 Å². The number of aryl methyl sites for hydroxylation is 1. The van der Waals surface area contributed by atoms with Crippen molar-refractivity contribution in [3.05, 3.63) is 22.4 Å². The number of piperidine rings is 1. The van der Waals surface area contributed by atoms with Gasteiger partial charge in [0.2, 0.25) is 5.91 Å². The molecule has 0 radical (unpaired) electrons. The highest BCUT2D eigenvalue weighted by molar-refractivity contribution is 7.09. The Labute approximate surface area is 126 Å². The zero-order valence-electron chi connectivity index (χ0n) is 12.6. The third kappa shape index (κ3) is 4.60. The summed E-state index contributed by atoms with van der Waals surface area (Å²) in [5, 5.41) is 8.71. The second-order valence-corrected chi connectivity index (χ2v) is 7.37. The lowest BCUT2D eigenvalue weighted by Gasteiger charge is -2.39. The molecular formula is C16H26N2OS. The maximum Gasteiger partial charge on any atom is 0.220 e. The van der Waals surface area contributed by atoms with Gasteiger partial charge in [-0.05, 0) is 49.1 Å². The fourth-order valence-electron chi connectivity index (χ4n) is 2.80. The first-order valence-electron chi connectivity index (χ1n) is 7.60. The number of carbonyl (C=O) groups excluding carboxylic acids is 1. The van der Waals surface area contributed by atoms with Gasteiger partial charge in [0.25, 0.3) is 0 Å². The molecule has 1 unspecified atom stereocenters. The minimum absolute atomic E-state index is 0.185. The summed E-state index contributed by atoms with van der Waals surface area (Å²) in [5.74, 6) is 0.185. The number of rotatable bonds is 6. The summed E-state index contributed by atoms with van der Waals surface area (Å²) in [6, 6.07) is 4.60. The number of hydrogen-bond donors (Lipinski definition) is 2. The fraction of sp³-hybridized carbons (Fsp3) is 0.688. The number of nitrogens with one attached hydrogen (secondary N) is 2. The molecule has 0 saturated carbocycles. The predicted molar refractivity (Wildman–Crippen MR) is 85.1 cm³/mol. The van der Waals surface area contributed by atoms with E-state index in [-0.39, 0.29) is 11.3 Å². The Kier molecular flexibility index (Phi) is 5.61. The number of carbonyl (C=O) groups is 1. The van der Waals surface area contributed by atoms with Gasteiger partial charge in [-0.25, -0.2) is 0 Å². The minimum atomic E-state index is 0.185. The lowest BCUT2D eigenvalue weighted by Crippen LogP contribution is -2.52. The third-order valence-corrected chi connectivity index (χ3v) is 5.18. The van der Waals surface area contributed by atoms with Crippen molar-refractivity contribution in [3.8, 4) is 0 Å². The first-order chi connectivity index (χ1) is 9.58. The van der Waals surface area contributed by atoms with Crippen LogP contribution in [0.15, 0.2) is 17.5 Å². The molecular weight excluding hydrogens is 268 g/mol. The highest BCUT2D eigenvalue weighted by atomic mass is 32.1. The maximum atomic E-state index is 11.9. The molecule has 2 N–H and O–H groups in total. The topological polar surface area (TPSA) is 41.1 Å². The molecule has 0 aliphatic carbocycles. The molecule has 1 aromatic heterocycles. The molecule has 1 saturated heterocycles. The van der Waals surface area contributed by atoms with E-state index < -0.39 is 0 Å². The molecule has 3 nitrogen and oxygen atoms in total. The Morgan fingerprint density at radius 3 is 3.10 bits per heavy atom. The van der Waals surface area contributed by atoms with E-state index in [0.717, 1.165) is 25.9 Å². The molecule has 1 aliphatic heterocycles. The summed E-state index contributed by atoms with van der Waals surface area (Å²) < 4.78 is 0. The zero-order chi connectivity index (χ0) is 14.4. The van der Waals surface area contributed by atoms with Gasteiger partial charge in [0, 0.05) is 23.9 Å². The highest BCUT2D eigenvalue weighted by Crippen LogP contribution is 2.29. The van der Waals surface area contributed by atoms with Crippen molar-refractivity contribution in [2.24, 2.45) is 5.41 Å². The summed E-state index contributed by atoms with van der Waals surface area (Å²) in [7, 11) is 0. The average Bonchev–Trinajstić information content (AvgIpc) is 2.90. The van der Waals surface area contributed by atoms with Crippen molar-refractivity contribution in [1.82, 2.24) is 10.6 Å². The van der Waals surface area contributed by atoms with Crippen LogP contribution in [0, 0.1) is 5.41 Å². The molecule has 2 rings (SSSR count). The third-order valence-electron chi connectivity index (χ3n) is 4.24. The van der Waals surface area contributed by atoms with Crippen molar-refractivity contribution < 1.29 is 4.79 Å². The predicted octanol–water partition coefficient (Wildman–Crippen LogP) is 2.97. The molecule has 20 heavy (non-hydrogen) atoms. The molecule has 1 aliphatic rings. The molecule has 1 aromatic rings. The average molecular weight is 294 g/mol. The standard InChI is InChI=1S/C16H26N2OS/c1-16(2)9-5-10-17-14(16)12-18-15(19)8-3-6-13-7-4-11-20-13/h4,7,11,14,17H,3,5-6,8-10,12H2,1-2H3,(H,18,19). The Morgan fingerprint density at radius 1 is 1.55 bits per heavy atom. The van der Waals surface area contributed by atoms with Gasteiger partial charge in [-0.15, -0.1) is 11.3 Å². The lowest BCUT2D eigenvalue weighted by atomic mass is 9.77. The SMILES string of the molecule is CC1(C)CCCNC1CNC(=O)CCCc1cccs1. The molecule has 0 bridgehead atoms. The van der Waals surface area contributed by atoms with E-state index in [1.54, 1.807) is 11.3 Å². The van der Waals surface area contributed by atoms with Crippen LogP contribution in [0.25, 0.3) is 0 Å². The van der Waals surface area contributed by atoms with E-state index in [2.05, 4.69) is 42.0 Å². The zero-order valence-corrected chi connectivity index (χ0v) is 13.4. The van der Waals surface area contributed by atoms with E-state index in [1.807, 2.05) is 0 Å². The van der Waals surface area contributed by atoms with Crippen LogP contribution in [0.3, 0.4) is 0 Å². The van der Waals surface area contributed by atoms with Gasteiger partial charge in [-0.3, -0.25) is 4.79 Å². The maximum absolute atomic E-state index is 11.9. The number of amides is 1. The molecule has 1 atom stereocenters. The number of hydrogen-bond acceptors (Lipinski definition) is 3. The van der Waals surface area contributed by atoms with Crippen LogP contribution >= 0.6 is 11.3 Å². The van der Waals surface area contributed by atoms with Crippen LogP contribution in [-0.4, -0.2) is 25.0 Å². The molecule has 0 spiro atoms. The summed E-state index contributed by atoms with van der Waals surface area (Å²) >= 11 is 1.77. The molecule has 4 heteroatoms. The quantitative estimate of drug-likeness (QED) is 0.847. The fourth-order valence-corrected chi connectivity index (χ4v) is 3.55. The molecule has 2 heterocycles.